The molecule has 0 spiro atoms. The van der Waals surface area contributed by atoms with Crippen LogP contribution in [0.15, 0.2) is 11.4 Å². The van der Waals surface area contributed by atoms with E-state index >= 15 is 0 Å². The molecule has 0 radical (unpaired) electrons. The van der Waals surface area contributed by atoms with Crippen molar-refractivity contribution in [3.8, 4) is 0 Å². The van der Waals surface area contributed by atoms with Gasteiger partial charge in [-0.15, -0.1) is 11.3 Å². The minimum absolute atomic E-state index is 0.368. The van der Waals surface area contributed by atoms with E-state index in [0.717, 1.165) is 11.8 Å². The third-order valence-electron chi connectivity index (χ3n) is 4.42. The van der Waals surface area contributed by atoms with Gasteiger partial charge in [-0.05, 0) is 48.6 Å². The lowest BCUT2D eigenvalue weighted by Crippen LogP contribution is -2.35. The van der Waals surface area contributed by atoms with Crippen LogP contribution in [0, 0.1) is 18.8 Å². The fourth-order valence-corrected chi connectivity index (χ4v) is 4.43. The second-order valence-electron chi connectivity index (χ2n) is 5.68. The molecule has 1 aromatic heterocycles. The maximum absolute atomic E-state index is 5.81. The minimum Gasteiger partial charge on any atom is -0.271 e. The lowest BCUT2D eigenvalue weighted by atomic mass is 9.76. The molecule has 102 valence electrons. The van der Waals surface area contributed by atoms with Crippen LogP contribution in [-0.2, 0) is 0 Å². The molecule has 1 aliphatic carbocycles. The van der Waals surface area contributed by atoms with Crippen molar-refractivity contribution in [3.63, 3.8) is 0 Å². The first kappa shape index (κ1) is 14.0. The zero-order valence-corrected chi connectivity index (χ0v) is 12.4. The Bertz CT molecular complexity index is 353. The lowest BCUT2D eigenvalue weighted by molar-refractivity contribution is 0.216. The monoisotopic (exact) mass is 266 g/mol. The summed E-state index contributed by atoms with van der Waals surface area (Å²) < 4.78 is 0. The van der Waals surface area contributed by atoms with Gasteiger partial charge in [-0.3, -0.25) is 11.3 Å². The predicted octanol–water partition coefficient (Wildman–Crippen LogP) is 4.17. The van der Waals surface area contributed by atoms with Crippen molar-refractivity contribution in [2.24, 2.45) is 17.7 Å². The van der Waals surface area contributed by atoms with Gasteiger partial charge in [0.1, 0.15) is 0 Å². The number of nitrogens with two attached hydrogens (primary N) is 1. The smallest absolute Gasteiger partial charge is 0.0584 e. The van der Waals surface area contributed by atoms with Gasteiger partial charge in [0.05, 0.1) is 6.04 Å². The Morgan fingerprint density at radius 2 is 2.11 bits per heavy atom. The molecular formula is C15H26N2S. The molecule has 3 heteroatoms. The largest absolute Gasteiger partial charge is 0.271 e. The molecule has 1 saturated carbocycles. The summed E-state index contributed by atoms with van der Waals surface area (Å²) in [5.41, 5.74) is 4.46. The highest BCUT2D eigenvalue weighted by Crippen LogP contribution is 2.40. The maximum atomic E-state index is 5.81. The van der Waals surface area contributed by atoms with Gasteiger partial charge in [-0.2, -0.15) is 0 Å². The SMILES string of the molecule is CCCC1CCC(C(NN)c2sccc2C)CC1. The van der Waals surface area contributed by atoms with Crippen molar-refractivity contribution in [3.05, 3.63) is 21.9 Å². The zero-order valence-electron chi connectivity index (χ0n) is 11.6. The zero-order chi connectivity index (χ0) is 13.0. The number of hydrazine groups is 1. The fraction of sp³-hybridized carbons (Fsp3) is 0.733. The van der Waals surface area contributed by atoms with Crippen molar-refractivity contribution in [2.75, 3.05) is 0 Å². The van der Waals surface area contributed by atoms with Crippen molar-refractivity contribution < 1.29 is 0 Å². The average molecular weight is 266 g/mol. The Morgan fingerprint density at radius 1 is 1.39 bits per heavy atom. The standard InChI is InChI=1S/C15H26N2S/c1-3-4-12-5-7-13(8-6-12)14(17-16)15-11(2)9-10-18-15/h9-10,12-14,17H,3-8,16H2,1-2H3. The van der Waals surface area contributed by atoms with Crippen LogP contribution in [0.25, 0.3) is 0 Å². The highest BCUT2D eigenvalue weighted by molar-refractivity contribution is 7.10. The van der Waals surface area contributed by atoms with Crippen molar-refractivity contribution in [1.29, 1.82) is 0 Å². The number of hydrogen-bond acceptors (Lipinski definition) is 3. The molecule has 1 atom stereocenters. The topological polar surface area (TPSA) is 38.0 Å². The third kappa shape index (κ3) is 3.14. The van der Waals surface area contributed by atoms with Crippen molar-refractivity contribution >= 4 is 11.3 Å². The summed E-state index contributed by atoms with van der Waals surface area (Å²) in [7, 11) is 0. The van der Waals surface area contributed by atoms with Gasteiger partial charge < -0.3 is 0 Å². The summed E-state index contributed by atoms with van der Waals surface area (Å²) in [6, 6.07) is 2.57. The highest BCUT2D eigenvalue weighted by atomic mass is 32.1. The summed E-state index contributed by atoms with van der Waals surface area (Å²) in [6.07, 6.45) is 8.18. The van der Waals surface area contributed by atoms with E-state index in [9.17, 15) is 0 Å². The maximum Gasteiger partial charge on any atom is 0.0584 e. The molecule has 1 aliphatic rings. The number of rotatable bonds is 5. The Morgan fingerprint density at radius 3 is 2.61 bits per heavy atom. The van der Waals surface area contributed by atoms with Gasteiger partial charge in [-0.1, -0.05) is 32.6 Å². The van der Waals surface area contributed by atoms with E-state index in [1.807, 2.05) is 11.3 Å². The van der Waals surface area contributed by atoms with E-state index < -0.39 is 0 Å². The molecule has 0 bridgehead atoms. The van der Waals surface area contributed by atoms with E-state index in [1.54, 1.807) is 0 Å². The van der Waals surface area contributed by atoms with Crippen LogP contribution in [0.3, 0.4) is 0 Å². The Hall–Kier alpha value is -0.380. The van der Waals surface area contributed by atoms with Crippen LogP contribution in [0.2, 0.25) is 0 Å². The van der Waals surface area contributed by atoms with Gasteiger partial charge in [0, 0.05) is 4.88 Å². The van der Waals surface area contributed by atoms with Gasteiger partial charge >= 0.3 is 0 Å². The molecule has 3 N–H and O–H groups in total. The van der Waals surface area contributed by atoms with Crippen LogP contribution in [0.1, 0.15) is 61.9 Å². The first-order valence-electron chi connectivity index (χ1n) is 7.26. The first-order chi connectivity index (χ1) is 8.76. The second kappa shape index (κ2) is 6.69. The molecule has 1 heterocycles. The van der Waals surface area contributed by atoms with E-state index in [4.69, 9.17) is 5.84 Å². The second-order valence-corrected chi connectivity index (χ2v) is 6.63. The molecule has 1 unspecified atom stereocenters. The number of nitrogens with one attached hydrogen (secondary N) is 1. The van der Waals surface area contributed by atoms with Crippen molar-refractivity contribution in [1.82, 2.24) is 5.43 Å². The Balaban J connectivity index is 1.97. The molecule has 0 saturated heterocycles. The third-order valence-corrected chi connectivity index (χ3v) is 5.53. The summed E-state index contributed by atoms with van der Waals surface area (Å²) >= 11 is 1.84. The van der Waals surface area contributed by atoms with E-state index in [-0.39, 0.29) is 0 Å². The molecule has 18 heavy (non-hydrogen) atoms. The Kier molecular flexibility index (Phi) is 5.22. The molecule has 1 fully saturated rings. The van der Waals surface area contributed by atoms with Gasteiger partial charge in [-0.25, -0.2) is 0 Å². The number of thiophene rings is 1. The van der Waals surface area contributed by atoms with E-state index in [2.05, 4.69) is 30.7 Å². The molecule has 2 nitrogen and oxygen atoms in total. The predicted molar refractivity (Wildman–Crippen MR) is 79.5 cm³/mol. The van der Waals surface area contributed by atoms with Crippen LogP contribution < -0.4 is 11.3 Å². The van der Waals surface area contributed by atoms with Crippen LogP contribution in [-0.4, -0.2) is 0 Å². The lowest BCUT2D eigenvalue weighted by Gasteiger charge is -2.33. The van der Waals surface area contributed by atoms with Crippen molar-refractivity contribution in [2.45, 2.75) is 58.4 Å². The summed E-state index contributed by atoms with van der Waals surface area (Å²) in [4.78, 5) is 1.44. The van der Waals surface area contributed by atoms with Gasteiger partial charge in [0.25, 0.3) is 0 Å². The summed E-state index contributed by atoms with van der Waals surface area (Å²) in [5.74, 6) is 7.50. The summed E-state index contributed by atoms with van der Waals surface area (Å²) in [5, 5.41) is 2.18. The molecule has 0 amide bonds. The van der Waals surface area contributed by atoms with Gasteiger partial charge in [0.2, 0.25) is 0 Å². The van der Waals surface area contributed by atoms with Crippen LogP contribution in [0.5, 0.6) is 0 Å². The first-order valence-corrected chi connectivity index (χ1v) is 8.14. The fourth-order valence-electron chi connectivity index (χ4n) is 3.35. The molecule has 1 aromatic rings. The highest BCUT2D eigenvalue weighted by Gasteiger charge is 2.28. The average Bonchev–Trinajstić information content (AvgIpc) is 2.79. The van der Waals surface area contributed by atoms with E-state index in [0.29, 0.717) is 6.04 Å². The number of aryl methyl sites for hydroxylation is 1. The van der Waals surface area contributed by atoms with Gasteiger partial charge in [0.15, 0.2) is 0 Å². The molecule has 0 aromatic carbocycles. The molecule has 2 rings (SSSR count). The Labute approximate surface area is 115 Å². The normalized spacial score (nSPS) is 26.2. The quantitative estimate of drug-likeness (QED) is 0.620. The van der Waals surface area contributed by atoms with Crippen LogP contribution in [0.4, 0.5) is 0 Å². The van der Waals surface area contributed by atoms with E-state index in [1.165, 1.54) is 49.0 Å². The molecule has 0 aliphatic heterocycles. The minimum atomic E-state index is 0.368. The molecular weight excluding hydrogens is 240 g/mol. The summed E-state index contributed by atoms with van der Waals surface area (Å²) in [6.45, 7) is 4.49. The number of hydrogen-bond donors (Lipinski definition) is 2. The van der Waals surface area contributed by atoms with Crippen LogP contribution >= 0.6 is 11.3 Å².